The zero-order valence-electron chi connectivity index (χ0n) is 9.59. The number of alkyl halides is 1. The van der Waals surface area contributed by atoms with Crippen molar-refractivity contribution >= 4 is 0 Å². The molecule has 0 aliphatic heterocycles. The van der Waals surface area contributed by atoms with Gasteiger partial charge in [0.05, 0.1) is 0 Å². The van der Waals surface area contributed by atoms with Crippen molar-refractivity contribution in [1.29, 1.82) is 0 Å². The number of rotatable bonds is 5. The molecule has 0 aliphatic rings. The van der Waals surface area contributed by atoms with Crippen LogP contribution >= 0.6 is 0 Å². The summed E-state index contributed by atoms with van der Waals surface area (Å²) in [6.45, 7) is 4.39. The predicted molar refractivity (Wildman–Crippen MR) is 62.7 cm³/mol. The van der Waals surface area contributed by atoms with Gasteiger partial charge in [-0.25, -0.2) is 4.39 Å². The third-order valence-electron chi connectivity index (χ3n) is 2.73. The summed E-state index contributed by atoms with van der Waals surface area (Å²) in [4.78, 5) is 0. The van der Waals surface area contributed by atoms with E-state index in [2.05, 4.69) is 6.92 Å². The molecule has 0 saturated carbocycles. The van der Waals surface area contributed by atoms with Crippen LogP contribution in [0, 0.1) is 6.92 Å². The summed E-state index contributed by atoms with van der Waals surface area (Å²) < 4.78 is 13.1. The van der Waals surface area contributed by atoms with Crippen LogP contribution in [0.1, 0.15) is 42.6 Å². The third-order valence-corrected chi connectivity index (χ3v) is 2.73. The second-order valence-corrected chi connectivity index (χ2v) is 4.05. The fourth-order valence-corrected chi connectivity index (χ4v) is 1.67. The zero-order valence-corrected chi connectivity index (χ0v) is 9.59. The van der Waals surface area contributed by atoms with Gasteiger partial charge in [0, 0.05) is 0 Å². The number of halogens is 1. The van der Waals surface area contributed by atoms with Crippen molar-refractivity contribution in [3.8, 4) is 0 Å². The minimum absolute atomic E-state index is 0.734. The van der Waals surface area contributed by atoms with E-state index in [1.807, 2.05) is 18.2 Å². The SMILES string of the molecule is Cc1ccc(C(C)F)cc1CCCCN. The van der Waals surface area contributed by atoms with E-state index in [0.29, 0.717) is 0 Å². The lowest BCUT2D eigenvalue weighted by Crippen LogP contribution is -2.00. The highest BCUT2D eigenvalue weighted by molar-refractivity contribution is 5.32. The molecule has 1 unspecified atom stereocenters. The number of nitrogens with two attached hydrogens (primary N) is 1. The van der Waals surface area contributed by atoms with E-state index in [-0.39, 0.29) is 0 Å². The quantitative estimate of drug-likeness (QED) is 0.740. The molecule has 1 atom stereocenters. The van der Waals surface area contributed by atoms with Gasteiger partial charge in [-0.1, -0.05) is 18.2 Å². The molecule has 1 nitrogen and oxygen atoms in total. The second kappa shape index (κ2) is 5.86. The van der Waals surface area contributed by atoms with Crippen LogP contribution in [-0.2, 0) is 6.42 Å². The monoisotopic (exact) mass is 209 g/mol. The summed E-state index contributed by atoms with van der Waals surface area (Å²) in [5, 5.41) is 0. The van der Waals surface area contributed by atoms with E-state index < -0.39 is 6.17 Å². The molecule has 0 fully saturated rings. The van der Waals surface area contributed by atoms with Gasteiger partial charge in [0.25, 0.3) is 0 Å². The van der Waals surface area contributed by atoms with Crippen molar-refractivity contribution in [2.45, 2.75) is 39.3 Å². The fraction of sp³-hybridized carbons (Fsp3) is 0.538. The Labute approximate surface area is 91.5 Å². The first kappa shape index (κ1) is 12.2. The van der Waals surface area contributed by atoms with Crippen LogP contribution in [0.15, 0.2) is 18.2 Å². The van der Waals surface area contributed by atoms with Crippen LogP contribution in [0.2, 0.25) is 0 Å². The van der Waals surface area contributed by atoms with Crippen LogP contribution in [0.4, 0.5) is 4.39 Å². The van der Waals surface area contributed by atoms with Gasteiger partial charge >= 0.3 is 0 Å². The van der Waals surface area contributed by atoms with E-state index in [9.17, 15) is 4.39 Å². The largest absolute Gasteiger partial charge is 0.330 e. The van der Waals surface area contributed by atoms with E-state index in [0.717, 1.165) is 31.4 Å². The van der Waals surface area contributed by atoms with E-state index in [1.165, 1.54) is 11.1 Å². The van der Waals surface area contributed by atoms with Gasteiger partial charge < -0.3 is 5.73 Å². The predicted octanol–water partition coefficient (Wildman–Crippen LogP) is 3.31. The molecule has 0 aromatic heterocycles. The Balaban J connectivity index is 2.72. The van der Waals surface area contributed by atoms with Crippen molar-refractivity contribution in [1.82, 2.24) is 0 Å². The molecule has 1 aromatic rings. The lowest BCUT2D eigenvalue weighted by Gasteiger charge is -2.09. The minimum atomic E-state index is -0.876. The van der Waals surface area contributed by atoms with Crippen molar-refractivity contribution in [2.75, 3.05) is 6.54 Å². The van der Waals surface area contributed by atoms with Crippen LogP contribution < -0.4 is 5.73 Å². The lowest BCUT2D eigenvalue weighted by molar-refractivity contribution is 0.374. The number of hydrogen-bond donors (Lipinski definition) is 1. The van der Waals surface area contributed by atoms with E-state index in [1.54, 1.807) is 6.92 Å². The molecule has 0 radical (unpaired) electrons. The average Bonchev–Trinajstić information content (AvgIpc) is 2.20. The van der Waals surface area contributed by atoms with Crippen LogP contribution in [0.3, 0.4) is 0 Å². The summed E-state index contributed by atoms with van der Waals surface area (Å²) in [6.07, 6.45) is 2.25. The van der Waals surface area contributed by atoms with Crippen molar-refractivity contribution in [3.05, 3.63) is 34.9 Å². The molecule has 0 spiro atoms. The molecular weight excluding hydrogens is 189 g/mol. The maximum atomic E-state index is 13.1. The van der Waals surface area contributed by atoms with Gasteiger partial charge in [0.15, 0.2) is 0 Å². The summed E-state index contributed by atoms with van der Waals surface area (Å²) >= 11 is 0. The van der Waals surface area contributed by atoms with Crippen molar-refractivity contribution in [3.63, 3.8) is 0 Å². The van der Waals surface area contributed by atoms with Gasteiger partial charge in [-0.3, -0.25) is 0 Å². The molecular formula is C13H20FN. The van der Waals surface area contributed by atoms with Crippen molar-refractivity contribution in [2.24, 2.45) is 5.73 Å². The minimum Gasteiger partial charge on any atom is -0.330 e. The maximum absolute atomic E-state index is 13.1. The van der Waals surface area contributed by atoms with Crippen molar-refractivity contribution < 1.29 is 4.39 Å². The molecule has 0 heterocycles. The summed E-state index contributed by atoms with van der Waals surface area (Å²) in [5.41, 5.74) is 8.73. The molecule has 1 aromatic carbocycles. The summed E-state index contributed by atoms with van der Waals surface area (Å²) in [6, 6.07) is 5.85. The highest BCUT2D eigenvalue weighted by atomic mass is 19.1. The molecule has 84 valence electrons. The van der Waals surface area contributed by atoms with Gasteiger partial charge in [0.1, 0.15) is 6.17 Å². The Kier molecular flexibility index (Phi) is 4.76. The van der Waals surface area contributed by atoms with Gasteiger partial charge in [0.2, 0.25) is 0 Å². The first-order valence-electron chi connectivity index (χ1n) is 5.58. The molecule has 0 aliphatic carbocycles. The normalized spacial score (nSPS) is 12.8. The number of hydrogen-bond acceptors (Lipinski definition) is 1. The maximum Gasteiger partial charge on any atom is 0.122 e. The molecule has 0 saturated heterocycles. The molecule has 2 N–H and O–H groups in total. The van der Waals surface area contributed by atoms with Gasteiger partial charge in [-0.2, -0.15) is 0 Å². The fourth-order valence-electron chi connectivity index (χ4n) is 1.67. The molecule has 0 amide bonds. The lowest BCUT2D eigenvalue weighted by atomic mass is 9.98. The van der Waals surface area contributed by atoms with Crippen LogP contribution in [0.5, 0.6) is 0 Å². The Bertz CT molecular complexity index is 307. The second-order valence-electron chi connectivity index (χ2n) is 4.05. The highest BCUT2D eigenvalue weighted by Crippen LogP contribution is 2.21. The highest BCUT2D eigenvalue weighted by Gasteiger charge is 2.05. The molecule has 0 bridgehead atoms. The summed E-state index contributed by atoms with van der Waals surface area (Å²) in [7, 11) is 0. The Hall–Kier alpha value is -0.890. The van der Waals surface area contributed by atoms with E-state index in [4.69, 9.17) is 5.73 Å². The van der Waals surface area contributed by atoms with Crippen LogP contribution in [0.25, 0.3) is 0 Å². The van der Waals surface area contributed by atoms with E-state index >= 15 is 0 Å². The third kappa shape index (κ3) is 3.63. The zero-order chi connectivity index (χ0) is 11.3. The Morgan fingerprint density at radius 1 is 1.33 bits per heavy atom. The van der Waals surface area contributed by atoms with Gasteiger partial charge in [-0.15, -0.1) is 0 Å². The first-order chi connectivity index (χ1) is 7.15. The number of unbranched alkanes of at least 4 members (excludes halogenated alkanes) is 1. The Morgan fingerprint density at radius 3 is 2.67 bits per heavy atom. The van der Waals surface area contributed by atoms with Gasteiger partial charge in [-0.05, 0) is 56.3 Å². The first-order valence-corrected chi connectivity index (χ1v) is 5.58. The molecule has 1 rings (SSSR count). The smallest absolute Gasteiger partial charge is 0.122 e. The number of aryl methyl sites for hydroxylation is 2. The topological polar surface area (TPSA) is 26.0 Å². The van der Waals surface area contributed by atoms with Crippen LogP contribution in [-0.4, -0.2) is 6.54 Å². The Morgan fingerprint density at radius 2 is 2.07 bits per heavy atom. The standard InChI is InChI=1S/C13H20FN/c1-10-6-7-13(11(2)14)9-12(10)5-3-4-8-15/h6-7,9,11H,3-5,8,15H2,1-2H3. The average molecular weight is 209 g/mol. The molecule has 2 heteroatoms. The molecule has 15 heavy (non-hydrogen) atoms. The summed E-state index contributed by atoms with van der Waals surface area (Å²) in [5.74, 6) is 0. The number of benzene rings is 1.